The molecule has 0 unspecified atom stereocenters. The number of fused-ring (bicyclic) bond motifs is 1. The van der Waals surface area contributed by atoms with Crippen molar-refractivity contribution >= 4 is 0 Å². The molecule has 1 saturated carbocycles. The first kappa shape index (κ1) is 7.35. The van der Waals surface area contributed by atoms with Crippen LogP contribution >= 0.6 is 0 Å². The second kappa shape index (κ2) is 1.89. The van der Waals surface area contributed by atoms with Gasteiger partial charge in [-0.15, -0.1) is 0 Å². The molecule has 0 heterocycles. The Morgan fingerprint density at radius 1 is 1.55 bits per heavy atom. The van der Waals surface area contributed by atoms with Gasteiger partial charge >= 0.3 is 0 Å². The van der Waals surface area contributed by atoms with Gasteiger partial charge in [-0.2, -0.15) is 0 Å². The zero-order valence-corrected chi connectivity index (χ0v) is 7.46. The van der Waals surface area contributed by atoms with Crippen molar-refractivity contribution in [3.8, 4) is 0 Å². The first-order valence-electron chi connectivity index (χ1n) is 4.40. The van der Waals surface area contributed by atoms with E-state index in [0.717, 1.165) is 5.92 Å². The summed E-state index contributed by atoms with van der Waals surface area (Å²) in [6.07, 6.45) is 3.07. The van der Waals surface area contributed by atoms with Gasteiger partial charge in [0.15, 0.2) is 0 Å². The van der Waals surface area contributed by atoms with E-state index in [1.807, 2.05) is 6.08 Å². The molecule has 0 aromatic carbocycles. The fourth-order valence-electron chi connectivity index (χ4n) is 2.81. The monoisotopic (exact) mass is 152 g/mol. The molecule has 0 aliphatic heterocycles. The maximum absolute atomic E-state index is 9.65. The highest BCUT2D eigenvalue weighted by Gasteiger charge is 2.53. The van der Waals surface area contributed by atoms with Crippen molar-refractivity contribution in [1.29, 1.82) is 0 Å². The quantitative estimate of drug-likeness (QED) is 0.526. The van der Waals surface area contributed by atoms with E-state index in [2.05, 4.69) is 20.8 Å². The largest absolute Gasteiger partial charge is 0.389 e. The molecule has 3 atom stereocenters. The van der Waals surface area contributed by atoms with Gasteiger partial charge in [0.1, 0.15) is 0 Å². The topological polar surface area (TPSA) is 20.2 Å². The van der Waals surface area contributed by atoms with Crippen LogP contribution in [0, 0.1) is 17.3 Å². The molecule has 0 amide bonds. The zero-order chi connectivity index (χ0) is 8.22. The van der Waals surface area contributed by atoms with Crippen molar-refractivity contribution < 1.29 is 5.11 Å². The molecule has 0 aromatic rings. The lowest BCUT2D eigenvalue weighted by atomic mass is 9.48. The number of allylic oxidation sites excluding steroid dienone is 1. The SMILES string of the molecule is CC1=C[C@H](O)[C@H]2C[C@@H]1C2(C)C. The van der Waals surface area contributed by atoms with E-state index in [9.17, 15) is 5.11 Å². The molecular weight excluding hydrogens is 136 g/mol. The van der Waals surface area contributed by atoms with Gasteiger partial charge in [0.25, 0.3) is 0 Å². The Balaban J connectivity index is 2.34. The molecule has 1 N–H and O–H groups in total. The van der Waals surface area contributed by atoms with Gasteiger partial charge in [0.2, 0.25) is 0 Å². The van der Waals surface area contributed by atoms with E-state index < -0.39 is 0 Å². The molecule has 0 aromatic heterocycles. The van der Waals surface area contributed by atoms with Crippen LogP contribution in [0.5, 0.6) is 0 Å². The van der Waals surface area contributed by atoms with Gasteiger partial charge in [-0.25, -0.2) is 0 Å². The van der Waals surface area contributed by atoms with Crippen LogP contribution in [0.15, 0.2) is 11.6 Å². The minimum Gasteiger partial charge on any atom is -0.389 e. The zero-order valence-electron chi connectivity index (χ0n) is 7.46. The first-order chi connectivity index (χ1) is 5.03. The van der Waals surface area contributed by atoms with E-state index in [1.165, 1.54) is 12.0 Å². The minimum absolute atomic E-state index is 0.171. The Hall–Kier alpha value is -0.300. The highest BCUT2D eigenvalue weighted by Crippen LogP contribution is 2.58. The lowest BCUT2D eigenvalue weighted by Gasteiger charge is -2.57. The average molecular weight is 152 g/mol. The van der Waals surface area contributed by atoms with Crippen molar-refractivity contribution in [2.24, 2.45) is 17.3 Å². The summed E-state index contributed by atoms with van der Waals surface area (Å²) < 4.78 is 0. The smallest absolute Gasteiger partial charge is 0.0757 e. The summed E-state index contributed by atoms with van der Waals surface area (Å²) in [5.41, 5.74) is 1.75. The summed E-state index contributed by atoms with van der Waals surface area (Å²) in [6.45, 7) is 6.68. The van der Waals surface area contributed by atoms with Crippen molar-refractivity contribution in [3.05, 3.63) is 11.6 Å². The number of hydrogen-bond donors (Lipinski definition) is 1. The number of aliphatic hydroxyl groups excluding tert-OH is 1. The predicted molar refractivity (Wildman–Crippen MR) is 45.1 cm³/mol. The minimum atomic E-state index is -0.171. The standard InChI is InChI=1S/C10H16O/c1-6-4-9(11)8-5-7(6)10(8,2)3/h4,7-9,11H,5H2,1-3H3/t7-,8+,9-/m0/s1. The van der Waals surface area contributed by atoms with Crippen LogP contribution in [0.3, 0.4) is 0 Å². The molecule has 3 rings (SSSR count). The van der Waals surface area contributed by atoms with Crippen molar-refractivity contribution in [3.63, 3.8) is 0 Å². The highest BCUT2D eigenvalue weighted by molar-refractivity contribution is 5.24. The molecular formula is C10H16O. The average Bonchev–Trinajstić information content (AvgIpc) is 1.84. The van der Waals surface area contributed by atoms with Crippen LogP contribution in [0.25, 0.3) is 0 Å². The van der Waals surface area contributed by atoms with E-state index in [4.69, 9.17) is 0 Å². The van der Waals surface area contributed by atoms with Gasteiger partial charge in [-0.05, 0) is 30.6 Å². The molecule has 0 spiro atoms. The molecule has 1 fully saturated rings. The van der Waals surface area contributed by atoms with E-state index >= 15 is 0 Å². The molecule has 1 heteroatoms. The summed E-state index contributed by atoms with van der Waals surface area (Å²) in [7, 11) is 0. The Morgan fingerprint density at radius 2 is 2.18 bits per heavy atom. The molecule has 3 aliphatic carbocycles. The summed E-state index contributed by atoms with van der Waals surface area (Å²) in [5, 5.41) is 9.65. The Kier molecular flexibility index (Phi) is 1.26. The second-order valence-electron chi connectivity index (χ2n) is 4.62. The second-order valence-corrected chi connectivity index (χ2v) is 4.62. The van der Waals surface area contributed by atoms with Crippen molar-refractivity contribution in [2.75, 3.05) is 0 Å². The lowest BCUT2D eigenvalue weighted by molar-refractivity contribution is -0.0760. The number of hydrogen-bond acceptors (Lipinski definition) is 1. The third-order valence-corrected chi connectivity index (χ3v) is 3.74. The molecule has 1 nitrogen and oxygen atoms in total. The van der Waals surface area contributed by atoms with E-state index in [0.29, 0.717) is 11.3 Å². The Morgan fingerprint density at radius 3 is 2.55 bits per heavy atom. The van der Waals surface area contributed by atoms with Crippen LogP contribution in [0.4, 0.5) is 0 Å². The number of rotatable bonds is 0. The third-order valence-electron chi connectivity index (χ3n) is 3.74. The Labute approximate surface area is 68.1 Å². The molecule has 62 valence electrons. The van der Waals surface area contributed by atoms with Gasteiger partial charge in [-0.1, -0.05) is 25.5 Å². The van der Waals surface area contributed by atoms with Crippen LogP contribution in [0.1, 0.15) is 27.2 Å². The van der Waals surface area contributed by atoms with Gasteiger partial charge in [-0.3, -0.25) is 0 Å². The van der Waals surface area contributed by atoms with Crippen LogP contribution in [-0.2, 0) is 0 Å². The van der Waals surface area contributed by atoms with Crippen molar-refractivity contribution in [2.45, 2.75) is 33.3 Å². The summed E-state index contributed by atoms with van der Waals surface area (Å²) in [5.74, 6) is 1.27. The number of aliphatic hydroxyl groups is 1. The molecule has 0 saturated heterocycles. The highest BCUT2D eigenvalue weighted by atomic mass is 16.3. The third kappa shape index (κ3) is 0.750. The van der Waals surface area contributed by atoms with E-state index in [1.54, 1.807) is 0 Å². The molecule has 0 radical (unpaired) electrons. The van der Waals surface area contributed by atoms with Gasteiger partial charge in [0.05, 0.1) is 6.10 Å². The summed E-state index contributed by atoms with van der Waals surface area (Å²) >= 11 is 0. The lowest BCUT2D eigenvalue weighted by Crippen LogP contribution is -2.53. The molecule has 11 heavy (non-hydrogen) atoms. The van der Waals surface area contributed by atoms with Crippen LogP contribution < -0.4 is 0 Å². The maximum Gasteiger partial charge on any atom is 0.0757 e. The Bertz CT molecular complexity index is 215. The normalized spacial score (nSPS) is 46.2. The maximum atomic E-state index is 9.65. The first-order valence-corrected chi connectivity index (χ1v) is 4.40. The molecule has 2 bridgehead atoms. The predicted octanol–water partition coefficient (Wildman–Crippen LogP) is 1.97. The summed E-state index contributed by atoms with van der Waals surface area (Å²) in [6, 6.07) is 0. The summed E-state index contributed by atoms with van der Waals surface area (Å²) in [4.78, 5) is 0. The van der Waals surface area contributed by atoms with Crippen LogP contribution in [-0.4, -0.2) is 11.2 Å². The fourth-order valence-corrected chi connectivity index (χ4v) is 2.81. The fraction of sp³-hybridized carbons (Fsp3) is 0.800. The van der Waals surface area contributed by atoms with Gasteiger partial charge in [0, 0.05) is 0 Å². The van der Waals surface area contributed by atoms with Crippen molar-refractivity contribution in [1.82, 2.24) is 0 Å². The van der Waals surface area contributed by atoms with Gasteiger partial charge < -0.3 is 5.11 Å². The van der Waals surface area contributed by atoms with Crippen LogP contribution in [0.2, 0.25) is 0 Å². The van der Waals surface area contributed by atoms with E-state index in [-0.39, 0.29) is 6.10 Å². The molecule has 3 aliphatic rings.